The van der Waals surface area contributed by atoms with Crippen molar-refractivity contribution in [1.82, 2.24) is 15.1 Å². The summed E-state index contributed by atoms with van der Waals surface area (Å²) < 4.78 is 0. The first-order valence-corrected chi connectivity index (χ1v) is 7.32. The smallest absolute Gasteiger partial charge is 0.169 e. The van der Waals surface area contributed by atoms with Crippen LogP contribution in [0.5, 0.6) is 0 Å². The maximum absolute atomic E-state index is 5.48. The average molecular weight is 277 g/mol. The predicted molar refractivity (Wildman–Crippen MR) is 84.3 cm³/mol. The molecule has 0 saturated heterocycles. The molecule has 0 fully saturated rings. The maximum atomic E-state index is 5.48. The van der Waals surface area contributed by atoms with Crippen LogP contribution in [0.15, 0.2) is 24.3 Å². The molecule has 1 heterocycles. The van der Waals surface area contributed by atoms with E-state index in [-0.39, 0.29) is 0 Å². The van der Waals surface area contributed by atoms with Crippen LogP contribution in [0, 0.1) is 0 Å². The third-order valence-electron chi connectivity index (χ3n) is 3.48. The Kier molecular flexibility index (Phi) is 5.16. The zero-order valence-electron chi connectivity index (χ0n) is 11.9. The summed E-state index contributed by atoms with van der Waals surface area (Å²) in [7, 11) is 4.19. The number of rotatable bonds is 4. The van der Waals surface area contributed by atoms with Crippen molar-refractivity contribution < 1.29 is 0 Å². The molecule has 1 aliphatic rings. The minimum absolute atomic E-state index is 0.897. The summed E-state index contributed by atoms with van der Waals surface area (Å²) in [5.74, 6) is 0. The second kappa shape index (κ2) is 6.87. The lowest BCUT2D eigenvalue weighted by molar-refractivity contribution is 0.378. The van der Waals surface area contributed by atoms with E-state index < -0.39 is 0 Å². The molecule has 0 unspecified atom stereocenters. The number of hydrogen-bond acceptors (Lipinski definition) is 2. The van der Waals surface area contributed by atoms with Gasteiger partial charge in [0.05, 0.1) is 0 Å². The van der Waals surface area contributed by atoms with Gasteiger partial charge in [0.2, 0.25) is 0 Å². The van der Waals surface area contributed by atoms with Crippen LogP contribution in [0.1, 0.15) is 17.5 Å². The minimum Gasteiger partial charge on any atom is -0.363 e. The molecule has 2 rings (SSSR count). The minimum atomic E-state index is 0.897. The van der Waals surface area contributed by atoms with Gasteiger partial charge < -0.3 is 15.1 Å². The van der Waals surface area contributed by atoms with E-state index in [4.69, 9.17) is 12.2 Å². The second-order valence-electron chi connectivity index (χ2n) is 5.33. The van der Waals surface area contributed by atoms with Gasteiger partial charge in [-0.25, -0.2) is 0 Å². The molecular weight excluding hydrogens is 254 g/mol. The Hall–Kier alpha value is -1.13. The third kappa shape index (κ3) is 4.18. The van der Waals surface area contributed by atoms with Crippen LogP contribution >= 0.6 is 12.2 Å². The highest BCUT2D eigenvalue weighted by Gasteiger charge is 2.17. The first-order valence-electron chi connectivity index (χ1n) is 6.91. The standard InChI is InChI=1S/C15H23N3S/c1-17(2)10-5-9-16-15(19)18-11-8-13-6-3-4-7-14(13)12-18/h3-4,6-7H,5,8-12H2,1-2H3,(H,16,19). The fourth-order valence-electron chi connectivity index (χ4n) is 2.37. The number of thiocarbonyl (C=S) groups is 1. The molecule has 0 aromatic heterocycles. The first-order chi connectivity index (χ1) is 9.16. The average Bonchev–Trinajstić information content (AvgIpc) is 2.42. The molecule has 0 amide bonds. The summed E-state index contributed by atoms with van der Waals surface area (Å²) >= 11 is 5.48. The number of nitrogens with one attached hydrogen (secondary N) is 1. The highest BCUT2D eigenvalue weighted by molar-refractivity contribution is 7.80. The topological polar surface area (TPSA) is 18.5 Å². The van der Waals surface area contributed by atoms with Gasteiger partial charge in [0, 0.05) is 19.6 Å². The van der Waals surface area contributed by atoms with Crippen molar-refractivity contribution in [1.29, 1.82) is 0 Å². The molecule has 4 heteroatoms. The van der Waals surface area contributed by atoms with Gasteiger partial charge in [-0.05, 0) is 56.8 Å². The van der Waals surface area contributed by atoms with Crippen molar-refractivity contribution in [2.75, 3.05) is 33.7 Å². The Balaban J connectivity index is 1.79. The Morgan fingerprint density at radius 1 is 1.32 bits per heavy atom. The summed E-state index contributed by atoms with van der Waals surface area (Å²) in [4.78, 5) is 4.47. The van der Waals surface area contributed by atoms with Gasteiger partial charge in [-0.15, -0.1) is 0 Å². The van der Waals surface area contributed by atoms with E-state index in [2.05, 4.69) is 53.5 Å². The molecule has 0 saturated carbocycles. The van der Waals surface area contributed by atoms with Crippen molar-refractivity contribution >= 4 is 17.3 Å². The summed E-state index contributed by atoms with van der Waals surface area (Å²) in [6, 6.07) is 8.65. The van der Waals surface area contributed by atoms with E-state index in [1.54, 1.807) is 0 Å². The van der Waals surface area contributed by atoms with Gasteiger partial charge in [-0.1, -0.05) is 24.3 Å². The maximum Gasteiger partial charge on any atom is 0.169 e. The predicted octanol–water partition coefficient (Wildman–Crippen LogP) is 1.87. The Morgan fingerprint density at radius 3 is 2.79 bits per heavy atom. The Bertz CT molecular complexity index is 431. The van der Waals surface area contributed by atoms with Gasteiger partial charge in [-0.3, -0.25) is 0 Å². The quantitative estimate of drug-likeness (QED) is 0.669. The van der Waals surface area contributed by atoms with Crippen LogP contribution in [-0.2, 0) is 13.0 Å². The van der Waals surface area contributed by atoms with Crippen molar-refractivity contribution in [2.45, 2.75) is 19.4 Å². The highest BCUT2D eigenvalue weighted by atomic mass is 32.1. The number of benzene rings is 1. The van der Waals surface area contributed by atoms with Gasteiger partial charge >= 0.3 is 0 Å². The third-order valence-corrected chi connectivity index (χ3v) is 3.88. The molecule has 0 spiro atoms. The van der Waals surface area contributed by atoms with Crippen LogP contribution in [0.2, 0.25) is 0 Å². The molecule has 1 aromatic carbocycles. The summed E-state index contributed by atoms with van der Waals surface area (Å²) in [6.45, 7) is 4.01. The molecule has 0 bridgehead atoms. The van der Waals surface area contributed by atoms with Crippen LogP contribution < -0.4 is 5.32 Å². The lowest BCUT2D eigenvalue weighted by atomic mass is 10.0. The molecular formula is C15H23N3S. The summed E-state index contributed by atoms with van der Waals surface area (Å²) in [6.07, 6.45) is 2.22. The van der Waals surface area contributed by atoms with Crippen molar-refractivity contribution in [2.24, 2.45) is 0 Å². The van der Waals surface area contributed by atoms with Crippen LogP contribution in [-0.4, -0.2) is 48.6 Å². The van der Waals surface area contributed by atoms with Crippen molar-refractivity contribution in [3.63, 3.8) is 0 Å². The molecule has 1 aliphatic heterocycles. The van der Waals surface area contributed by atoms with Crippen LogP contribution in [0.25, 0.3) is 0 Å². The van der Waals surface area contributed by atoms with E-state index in [0.29, 0.717) is 0 Å². The molecule has 0 atom stereocenters. The lowest BCUT2D eigenvalue weighted by Gasteiger charge is -2.31. The SMILES string of the molecule is CN(C)CCCNC(=S)N1CCc2ccccc2C1. The number of nitrogens with zero attached hydrogens (tertiary/aromatic N) is 2. The zero-order chi connectivity index (χ0) is 13.7. The first kappa shape index (κ1) is 14.3. The highest BCUT2D eigenvalue weighted by Crippen LogP contribution is 2.18. The molecule has 104 valence electrons. The summed E-state index contributed by atoms with van der Waals surface area (Å²) in [5.41, 5.74) is 2.88. The van der Waals surface area contributed by atoms with E-state index >= 15 is 0 Å². The molecule has 1 aromatic rings. The fraction of sp³-hybridized carbons (Fsp3) is 0.533. The van der Waals surface area contributed by atoms with Gasteiger partial charge in [-0.2, -0.15) is 0 Å². The van der Waals surface area contributed by atoms with E-state index in [9.17, 15) is 0 Å². The van der Waals surface area contributed by atoms with E-state index in [1.807, 2.05) is 0 Å². The van der Waals surface area contributed by atoms with E-state index in [1.165, 1.54) is 11.1 Å². The second-order valence-corrected chi connectivity index (χ2v) is 5.72. The Labute approximate surface area is 121 Å². The van der Waals surface area contributed by atoms with Crippen LogP contribution in [0.3, 0.4) is 0 Å². The Morgan fingerprint density at radius 2 is 2.05 bits per heavy atom. The van der Waals surface area contributed by atoms with Gasteiger partial charge in [0.15, 0.2) is 5.11 Å². The molecule has 3 nitrogen and oxygen atoms in total. The zero-order valence-corrected chi connectivity index (χ0v) is 12.7. The van der Waals surface area contributed by atoms with Crippen LogP contribution in [0.4, 0.5) is 0 Å². The molecule has 1 N–H and O–H groups in total. The van der Waals surface area contributed by atoms with E-state index in [0.717, 1.165) is 44.1 Å². The van der Waals surface area contributed by atoms with Gasteiger partial charge in [0.1, 0.15) is 0 Å². The number of hydrogen-bond donors (Lipinski definition) is 1. The largest absolute Gasteiger partial charge is 0.363 e. The van der Waals surface area contributed by atoms with Crippen molar-refractivity contribution in [3.8, 4) is 0 Å². The lowest BCUT2D eigenvalue weighted by Crippen LogP contribution is -2.43. The molecule has 0 radical (unpaired) electrons. The summed E-state index contributed by atoms with van der Waals surface area (Å²) in [5, 5.41) is 4.27. The molecule has 0 aliphatic carbocycles. The molecule has 19 heavy (non-hydrogen) atoms. The number of fused-ring (bicyclic) bond motifs is 1. The van der Waals surface area contributed by atoms with Crippen molar-refractivity contribution in [3.05, 3.63) is 35.4 Å². The normalized spacial score (nSPS) is 14.4. The monoisotopic (exact) mass is 277 g/mol. The fourth-order valence-corrected chi connectivity index (χ4v) is 2.63. The van der Waals surface area contributed by atoms with Gasteiger partial charge in [0.25, 0.3) is 0 Å².